The van der Waals surface area contributed by atoms with Gasteiger partial charge in [-0.25, -0.2) is 9.78 Å². The molecule has 20 heavy (non-hydrogen) atoms. The predicted molar refractivity (Wildman–Crippen MR) is 72.7 cm³/mol. The van der Waals surface area contributed by atoms with Crippen molar-refractivity contribution in [3.63, 3.8) is 0 Å². The van der Waals surface area contributed by atoms with Gasteiger partial charge in [0, 0.05) is 4.88 Å². The predicted octanol–water partition coefficient (Wildman–Crippen LogP) is 2.11. The number of anilines is 1. The summed E-state index contributed by atoms with van der Waals surface area (Å²) < 4.78 is 31.1. The number of hydrogen-bond acceptors (Lipinski definition) is 6. The molecule has 2 aromatic rings. The second kappa shape index (κ2) is 5.25. The summed E-state index contributed by atoms with van der Waals surface area (Å²) in [5, 5.41) is 8.48. The van der Waals surface area contributed by atoms with Crippen molar-refractivity contribution in [2.75, 3.05) is 4.72 Å². The SMILES string of the molecule is CCc1nc(NS(=O)(=O)c2ccc(C(=O)O)o2)sc1C. The molecule has 0 aliphatic rings. The van der Waals surface area contributed by atoms with Gasteiger partial charge in [-0.05, 0) is 25.5 Å². The van der Waals surface area contributed by atoms with Gasteiger partial charge in [-0.15, -0.1) is 11.3 Å². The first-order valence-electron chi connectivity index (χ1n) is 5.65. The van der Waals surface area contributed by atoms with E-state index in [-0.39, 0.29) is 5.13 Å². The molecule has 0 aliphatic heterocycles. The van der Waals surface area contributed by atoms with Crippen LogP contribution in [0.2, 0.25) is 0 Å². The van der Waals surface area contributed by atoms with Gasteiger partial charge in [0.15, 0.2) is 5.13 Å². The number of aromatic nitrogens is 1. The Morgan fingerprint density at radius 1 is 1.50 bits per heavy atom. The Bertz CT molecular complexity index is 745. The summed E-state index contributed by atoms with van der Waals surface area (Å²) in [7, 11) is -3.97. The summed E-state index contributed by atoms with van der Waals surface area (Å²) in [4.78, 5) is 15.7. The molecular formula is C11H12N2O5S2. The quantitative estimate of drug-likeness (QED) is 0.874. The highest BCUT2D eigenvalue weighted by Gasteiger charge is 2.22. The van der Waals surface area contributed by atoms with Gasteiger partial charge in [0.2, 0.25) is 10.9 Å². The van der Waals surface area contributed by atoms with E-state index in [9.17, 15) is 13.2 Å². The van der Waals surface area contributed by atoms with Crippen molar-refractivity contribution < 1.29 is 22.7 Å². The first-order chi connectivity index (χ1) is 9.33. The van der Waals surface area contributed by atoms with E-state index in [0.717, 1.165) is 22.7 Å². The molecule has 0 aliphatic carbocycles. The van der Waals surface area contributed by atoms with Crippen molar-refractivity contribution in [2.45, 2.75) is 25.4 Å². The number of furan rings is 1. The van der Waals surface area contributed by atoms with Crippen LogP contribution < -0.4 is 4.72 Å². The Morgan fingerprint density at radius 2 is 2.20 bits per heavy atom. The van der Waals surface area contributed by atoms with Crippen LogP contribution in [0, 0.1) is 6.92 Å². The molecule has 9 heteroatoms. The van der Waals surface area contributed by atoms with E-state index >= 15 is 0 Å². The van der Waals surface area contributed by atoms with Crippen LogP contribution in [0.3, 0.4) is 0 Å². The molecule has 108 valence electrons. The minimum atomic E-state index is -3.97. The number of carboxylic acid groups (broad SMARTS) is 1. The van der Waals surface area contributed by atoms with Crippen molar-refractivity contribution in [3.8, 4) is 0 Å². The number of carboxylic acids is 1. The third-order valence-electron chi connectivity index (χ3n) is 2.51. The van der Waals surface area contributed by atoms with E-state index in [1.807, 2.05) is 13.8 Å². The molecule has 7 nitrogen and oxygen atoms in total. The number of thiazole rings is 1. The van der Waals surface area contributed by atoms with Crippen LogP contribution in [0.25, 0.3) is 0 Å². The Morgan fingerprint density at radius 3 is 2.70 bits per heavy atom. The molecule has 0 aromatic carbocycles. The Kier molecular flexibility index (Phi) is 3.82. The van der Waals surface area contributed by atoms with Gasteiger partial charge >= 0.3 is 5.97 Å². The fraction of sp³-hybridized carbons (Fsp3) is 0.273. The van der Waals surface area contributed by atoms with Crippen molar-refractivity contribution in [1.29, 1.82) is 0 Å². The van der Waals surface area contributed by atoms with E-state index < -0.39 is 26.8 Å². The number of nitrogens with one attached hydrogen (secondary N) is 1. The highest BCUT2D eigenvalue weighted by molar-refractivity contribution is 7.92. The summed E-state index contributed by atoms with van der Waals surface area (Å²) in [6, 6.07) is 2.18. The molecule has 2 N–H and O–H groups in total. The molecule has 2 heterocycles. The molecule has 0 fully saturated rings. The molecule has 0 spiro atoms. The lowest BCUT2D eigenvalue weighted by atomic mass is 10.3. The summed E-state index contributed by atoms with van der Waals surface area (Å²) in [5.41, 5.74) is 0.818. The van der Waals surface area contributed by atoms with Gasteiger partial charge in [0.25, 0.3) is 10.0 Å². The third-order valence-corrected chi connectivity index (χ3v) is 4.78. The number of hydrogen-bond donors (Lipinski definition) is 2. The number of sulfonamides is 1. The Balaban J connectivity index is 2.27. The van der Waals surface area contributed by atoms with Gasteiger partial charge in [0.05, 0.1) is 5.69 Å². The molecule has 2 rings (SSSR count). The Hall–Kier alpha value is -1.87. The van der Waals surface area contributed by atoms with Crippen LogP contribution in [0.15, 0.2) is 21.6 Å². The zero-order valence-electron chi connectivity index (χ0n) is 10.7. The first kappa shape index (κ1) is 14.5. The fourth-order valence-electron chi connectivity index (χ4n) is 1.54. The summed E-state index contributed by atoms with van der Waals surface area (Å²) in [6.07, 6.45) is 0.702. The van der Waals surface area contributed by atoms with E-state index in [2.05, 4.69) is 9.71 Å². The number of aryl methyl sites for hydroxylation is 2. The lowest BCUT2D eigenvalue weighted by Crippen LogP contribution is -2.12. The van der Waals surface area contributed by atoms with Crippen molar-refractivity contribution in [1.82, 2.24) is 4.98 Å². The van der Waals surface area contributed by atoms with Crippen LogP contribution in [-0.4, -0.2) is 24.5 Å². The molecule has 0 unspecified atom stereocenters. The molecule has 0 amide bonds. The van der Waals surface area contributed by atoms with Gasteiger partial charge in [-0.3, -0.25) is 4.72 Å². The molecular weight excluding hydrogens is 304 g/mol. The number of aromatic carboxylic acids is 1. The first-order valence-corrected chi connectivity index (χ1v) is 7.95. The average molecular weight is 316 g/mol. The highest BCUT2D eigenvalue weighted by Crippen LogP contribution is 2.25. The maximum absolute atomic E-state index is 12.0. The molecule has 0 saturated carbocycles. The van der Waals surface area contributed by atoms with Gasteiger partial charge in [-0.2, -0.15) is 8.42 Å². The maximum atomic E-state index is 12.0. The minimum Gasteiger partial charge on any atom is -0.475 e. The van der Waals surface area contributed by atoms with E-state index in [0.29, 0.717) is 6.42 Å². The second-order valence-electron chi connectivity index (χ2n) is 3.90. The summed E-state index contributed by atoms with van der Waals surface area (Å²) in [5.74, 6) is -1.76. The molecule has 0 bridgehead atoms. The number of carbonyl (C=O) groups is 1. The lowest BCUT2D eigenvalue weighted by Gasteiger charge is -2.00. The molecule has 0 saturated heterocycles. The van der Waals surface area contributed by atoms with Crippen molar-refractivity contribution in [3.05, 3.63) is 28.5 Å². The smallest absolute Gasteiger partial charge is 0.371 e. The maximum Gasteiger partial charge on any atom is 0.371 e. The van der Waals surface area contributed by atoms with E-state index in [1.165, 1.54) is 11.3 Å². The van der Waals surface area contributed by atoms with Crippen molar-refractivity contribution >= 4 is 32.5 Å². The molecule has 0 radical (unpaired) electrons. The minimum absolute atomic E-state index is 0.229. The van der Waals surface area contributed by atoms with Crippen LogP contribution in [0.5, 0.6) is 0 Å². The molecule has 0 atom stereocenters. The zero-order chi connectivity index (χ0) is 14.9. The normalized spacial score (nSPS) is 11.5. The standard InChI is InChI=1S/C11H12N2O5S2/c1-3-7-6(2)19-11(12-7)13-20(16,17)9-5-4-8(18-9)10(14)15/h4-5H,3H2,1-2H3,(H,12,13)(H,14,15). The largest absolute Gasteiger partial charge is 0.475 e. The van der Waals surface area contributed by atoms with Gasteiger partial charge < -0.3 is 9.52 Å². The summed E-state index contributed by atoms with van der Waals surface area (Å²) >= 11 is 1.21. The fourth-order valence-corrected chi connectivity index (χ4v) is 3.62. The topological polar surface area (TPSA) is 110 Å². The second-order valence-corrected chi connectivity index (χ2v) is 6.72. The van der Waals surface area contributed by atoms with E-state index in [1.54, 1.807) is 0 Å². The van der Waals surface area contributed by atoms with Crippen LogP contribution in [-0.2, 0) is 16.4 Å². The lowest BCUT2D eigenvalue weighted by molar-refractivity contribution is 0.0656. The van der Waals surface area contributed by atoms with Crippen molar-refractivity contribution in [2.24, 2.45) is 0 Å². The Labute approximate surface area is 119 Å². The van der Waals surface area contributed by atoms with Crippen LogP contribution in [0.4, 0.5) is 5.13 Å². The number of rotatable bonds is 5. The zero-order valence-corrected chi connectivity index (χ0v) is 12.3. The van der Waals surface area contributed by atoms with E-state index in [4.69, 9.17) is 9.52 Å². The van der Waals surface area contributed by atoms with Crippen LogP contribution in [0.1, 0.15) is 28.0 Å². The number of nitrogens with zero attached hydrogens (tertiary/aromatic N) is 1. The van der Waals surface area contributed by atoms with Gasteiger partial charge in [-0.1, -0.05) is 6.92 Å². The molecule has 2 aromatic heterocycles. The highest BCUT2D eigenvalue weighted by atomic mass is 32.2. The average Bonchev–Trinajstić information content (AvgIpc) is 2.95. The van der Waals surface area contributed by atoms with Gasteiger partial charge in [0.1, 0.15) is 0 Å². The third kappa shape index (κ3) is 2.83. The monoisotopic (exact) mass is 316 g/mol. The summed E-state index contributed by atoms with van der Waals surface area (Å²) in [6.45, 7) is 3.77. The van der Waals surface area contributed by atoms with Crippen LogP contribution >= 0.6 is 11.3 Å².